The normalized spacial score (nSPS) is 16.7. The molecule has 0 unspecified atom stereocenters. The summed E-state index contributed by atoms with van der Waals surface area (Å²) in [5.41, 5.74) is 2.46. The van der Waals surface area contributed by atoms with Crippen LogP contribution in [0.2, 0.25) is 0 Å². The molecule has 23 heavy (non-hydrogen) atoms. The highest BCUT2D eigenvalue weighted by Crippen LogP contribution is 2.33. The number of hydrogen-bond donors (Lipinski definition) is 0. The minimum absolute atomic E-state index is 0.0333. The maximum atomic E-state index is 12.5. The fourth-order valence-corrected chi connectivity index (χ4v) is 3.00. The van der Waals surface area contributed by atoms with E-state index in [4.69, 9.17) is 0 Å². The van der Waals surface area contributed by atoms with E-state index in [2.05, 4.69) is 22.2 Å². The molecule has 0 saturated carbocycles. The number of nitro groups is 1. The molecule has 1 atom stereocenters. The molecule has 1 heterocycles. The lowest BCUT2D eigenvalue weighted by atomic mass is 9.87. The van der Waals surface area contributed by atoms with Crippen LogP contribution in [0.25, 0.3) is 0 Å². The number of aromatic nitrogens is 3. The average Bonchev–Trinajstić information content (AvgIpc) is 3.02. The van der Waals surface area contributed by atoms with Gasteiger partial charge >= 0.3 is 5.95 Å². The third-order valence-electron chi connectivity index (χ3n) is 4.18. The van der Waals surface area contributed by atoms with Gasteiger partial charge in [-0.05, 0) is 35.3 Å². The Morgan fingerprint density at radius 2 is 2.26 bits per heavy atom. The summed E-state index contributed by atoms with van der Waals surface area (Å²) in [7, 11) is 1.76. The van der Waals surface area contributed by atoms with Crippen LogP contribution >= 0.6 is 0 Å². The van der Waals surface area contributed by atoms with Gasteiger partial charge in [0.2, 0.25) is 12.2 Å². The van der Waals surface area contributed by atoms with Gasteiger partial charge in [0.15, 0.2) is 0 Å². The van der Waals surface area contributed by atoms with Crippen molar-refractivity contribution in [1.29, 1.82) is 0 Å². The molecular formula is C15H17N5O3. The Balaban J connectivity index is 1.74. The summed E-state index contributed by atoms with van der Waals surface area (Å²) in [6.45, 7) is -0.0595. The van der Waals surface area contributed by atoms with E-state index in [1.165, 1.54) is 22.1 Å². The monoisotopic (exact) mass is 315 g/mol. The smallest absolute Gasteiger partial charge is 0.390 e. The molecule has 2 aromatic rings. The van der Waals surface area contributed by atoms with Gasteiger partial charge in [-0.25, -0.2) is 0 Å². The van der Waals surface area contributed by atoms with Gasteiger partial charge in [0.1, 0.15) is 6.54 Å². The molecule has 1 aliphatic rings. The highest BCUT2D eigenvalue weighted by molar-refractivity contribution is 5.76. The van der Waals surface area contributed by atoms with E-state index in [-0.39, 0.29) is 18.5 Å². The average molecular weight is 315 g/mol. The highest BCUT2D eigenvalue weighted by atomic mass is 16.6. The first kappa shape index (κ1) is 15.1. The van der Waals surface area contributed by atoms with Gasteiger partial charge in [0.05, 0.1) is 6.04 Å². The van der Waals surface area contributed by atoms with Crippen LogP contribution in [0.1, 0.15) is 30.0 Å². The molecule has 0 spiro atoms. The second-order valence-electron chi connectivity index (χ2n) is 5.61. The van der Waals surface area contributed by atoms with Crippen molar-refractivity contribution in [3.05, 3.63) is 51.8 Å². The van der Waals surface area contributed by atoms with Gasteiger partial charge in [0, 0.05) is 12.1 Å². The number of hydrogen-bond acceptors (Lipinski definition) is 5. The van der Waals surface area contributed by atoms with Gasteiger partial charge in [0.25, 0.3) is 0 Å². The fraction of sp³-hybridized carbons (Fsp3) is 0.400. The van der Waals surface area contributed by atoms with Crippen molar-refractivity contribution in [3.8, 4) is 0 Å². The number of nitrogens with zero attached hydrogens (tertiary/aromatic N) is 5. The standard InChI is InChI=1S/C15H17N5O3/c1-18(13-8-4-6-11-5-2-3-7-12(11)13)14(21)9-19-10-16-15(17-19)20(22)23/h2-3,5,7,10,13H,4,6,8-9H2,1H3/t13-/m1/s1. The molecule has 3 rings (SSSR count). The Labute approximate surface area is 132 Å². The molecule has 0 radical (unpaired) electrons. The van der Waals surface area contributed by atoms with Gasteiger partial charge in [-0.3, -0.25) is 4.79 Å². The number of benzene rings is 1. The number of amides is 1. The van der Waals surface area contributed by atoms with Crippen LogP contribution in [-0.4, -0.2) is 37.5 Å². The molecule has 1 aromatic heterocycles. The molecule has 1 aliphatic carbocycles. The fourth-order valence-electron chi connectivity index (χ4n) is 3.00. The number of carbonyl (C=O) groups is 1. The molecule has 8 heteroatoms. The topological polar surface area (TPSA) is 94.2 Å². The van der Waals surface area contributed by atoms with Crippen LogP contribution in [0.15, 0.2) is 30.6 Å². The molecular weight excluding hydrogens is 298 g/mol. The Morgan fingerprint density at radius 3 is 3.00 bits per heavy atom. The number of fused-ring (bicyclic) bond motifs is 1. The number of carbonyl (C=O) groups excluding carboxylic acids is 1. The van der Waals surface area contributed by atoms with E-state index in [9.17, 15) is 14.9 Å². The molecule has 120 valence electrons. The van der Waals surface area contributed by atoms with Crippen LogP contribution in [-0.2, 0) is 17.8 Å². The first-order chi connectivity index (χ1) is 11.1. The second kappa shape index (κ2) is 6.15. The summed E-state index contributed by atoms with van der Waals surface area (Å²) in [5.74, 6) is -0.644. The number of likely N-dealkylation sites (N-methyl/N-ethyl adjacent to an activating group) is 1. The van der Waals surface area contributed by atoms with Gasteiger partial charge in [-0.1, -0.05) is 29.2 Å². The highest BCUT2D eigenvalue weighted by Gasteiger charge is 2.27. The van der Waals surface area contributed by atoms with Crippen LogP contribution < -0.4 is 0 Å². The lowest BCUT2D eigenvalue weighted by Crippen LogP contribution is -2.35. The predicted molar refractivity (Wildman–Crippen MR) is 81.6 cm³/mol. The zero-order valence-corrected chi connectivity index (χ0v) is 12.8. The zero-order chi connectivity index (χ0) is 16.4. The van der Waals surface area contributed by atoms with E-state index in [0.29, 0.717) is 0 Å². The first-order valence-corrected chi connectivity index (χ1v) is 7.43. The van der Waals surface area contributed by atoms with Gasteiger partial charge in [-0.15, -0.1) is 0 Å². The largest absolute Gasteiger partial charge is 0.490 e. The van der Waals surface area contributed by atoms with E-state index in [1.807, 2.05) is 12.1 Å². The Hall–Kier alpha value is -2.77. The van der Waals surface area contributed by atoms with E-state index in [1.54, 1.807) is 11.9 Å². The van der Waals surface area contributed by atoms with Crippen molar-refractivity contribution in [2.75, 3.05) is 7.05 Å². The van der Waals surface area contributed by atoms with Crippen LogP contribution in [0.4, 0.5) is 5.95 Å². The van der Waals surface area contributed by atoms with Crippen LogP contribution in [0, 0.1) is 10.1 Å². The van der Waals surface area contributed by atoms with Crippen molar-refractivity contribution in [3.63, 3.8) is 0 Å². The molecule has 0 N–H and O–H groups in total. The molecule has 0 bridgehead atoms. The van der Waals surface area contributed by atoms with Crippen LogP contribution in [0.5, 0.6) is 0 Å². The van der Waals surface area contributed by atoms with Crippen LogP contribution in [0.3, 0.4) is 0 Å². The summed E-state index contributed by atoms with van der Waals surface area (Å²) < 4.78 is 1.20. The number of rotatable bonds is 4. The Morgan fingerprint density at radius 1 is 1.48 bits per heavy atom. The molecule has 8 nitrogen and oxygen atoms in total. The van der Waals surface area contributed by atoms with Crippen molar-refractivity contribution < 1.29 is 9.72 Å². The maximum absolute atomic E-state index is 12.5. The number of aryl methyl sites for hydroxylation is 1. The summed E-state index contributed by atoms with van der Waals surface area (Å²) in [4.78, 5) is 27.6. The summed E-state index contributed by atoms with van der Waals surface area (Å²) >= 11 is 0. The van der Waals surface area contributed by atoms with Crippen molar-refractivity contribution >= 4 is 11.9 Å². The van der Waals surface area contributed by atoms with Crippen molar-refractivity contribution in [2.24, 2.45) is 0 Å². The van der Waals surface area contributed by atoms with E-state index < -0.39 is 10.9 Å². The first-order valence-electron chi connectivity index (χ1n) is 7.43. The Bertz CT molecular complexity index is 742. The SMILES string of the molecule is CN(C(=O)Cn1cnc([N+](=O)[O-])n1)[C@@H]1CCCc2ccccc21. The third-order valence-corrected chi connectivity index (χ3v) is 4.18. The molecule has 0 fully saturated rings. The zero-order valence-electron chi connectivity index (χ0n) is 12.8. The molecule has 0 aliphatic heterocycles. The van der Waals surface area contributed by atoms with Gasteiger partial charge in [-0.2, -0.15) is 4.68 Å². The maximum Gasteiger partial charge on any atom is 0.490 e. The summed E-state index contributed by atoms with van der Waals surface area (Å²) in [6, 6.07) is 8.18. The molecule has 0 saturated heterocycles. The van der Waals surface area contributed by atoms with E-state index >= 15 is 0 Å². The predicted octanol–water partition coefficient (Wildman–Crippen LogP) is 1.72. The molecule has 1 amide bonds. The van der Waals surface area contributed by atoms with Gasteiger partial charge < -0.3 is 15.0 Å². The minimum Gasteiger partial charge on any atom is -0.390 e. The third kappa shape index (κ3) is 3.05. The lowest BCUT2D eigenvalue weighted by molar-refractivity contribution is -0.394. The van der Waals surface area contributed by atoms with E-state index in [0.717, 1.165) is 19.3 Å². The Kier molecular flexibility index (Phi) is 4.05. The summed E-state index contributed by atoms with van der Waals surface area (Å²) in [5, 5.41) is 14.3. The van der Waals surface area contributed by atoms with Crippen molar-refractivity contribution in [2.45, 2.75) is 31.8 Å². The minimum atomic E-state index is -0.679. The quantitative estimate of drug-likeness (QED) is 0.632. The lowest BCUT2D eigenvalue weighted by Gasteiger charge is -2.33. The van der Waals surface area contributed by atoms with Crippen molar-refractivity contribution in [1.82, 2.24) is 19.7 Å². The molecule has 1 aromatic carbocycles. The summed E-state index contributed by atoms with van der Waals surface area (Å²) in [6.07, 6.45) is 4.19. The second-order valence-corrected chi connectivity index (χ2v) is 5.61.